The molecule has 18 rings (SSSR count). The van der Waals surface area contributed by atoms with Gasteiger partial charge < -0.3 is 41.4 Å². The Morgan fingerprint density at radius 3 is 0.946 bits per heavy atom. The van der Waals surface area contributed by atoms with Gasteiger partial charge in [-0.2, -0.15) is 0 Å². The maximum atomic E-state index is 5.48. The molecule has 10 aliphatic carbocycles. The van der Waals surface area contributed by atoms with Crippen LogP contribution in [0.1, 0.15) is 362 Å². The molecule has 18 unspecified atom stereocenters. The number of ether oxygens (including phenoxy) is 2. The van der Waals surface area contributed by atoms with Gasteiger partial charge in [0.1, 0.15) is 0 Å². The molecule has 6 N–H and O–H groups in total. The van der Waals surface area contributed by atoms with E-state index in [1.165, 1.54) is 276 Å². The average molecular weight is 1300 g/mol. The number of fused-ring (bicyclic) bond motifs is 9. The van der Waals surface area contributed by atoms with E-state index < -0.39 is 0 Å². The van der Waals surface area contributed by atoms with Gasteiger partial charge in [0, 0.05) is 44.0 Å². The van der Waals surface area contributed by atoms with E-state index in [0.29, 0.717) is 6.10 Å². The van der Waals surface area contributed by atoms with Gasteiger partial charge in [-0.05, 0) is 283 Å². The Bertz CT molecular complexity index is 1220. The third-order valence-corrected chi connectivity index (χ3v) is 23.9. The molecule has 18 atom stereocenters. The Morgan fingerprint density at radius 1 is 0.207 bits per heavy atom. The summed E-state index contributed by atoms with van der Waals surface area (Å²) in [5, 5.41) is 20.9. The van der Waals surface area contributed by atoms with Crippen molar-refractivity contribution in [2.75, 3.05) is 72.2 Å². The third kappa shape index (κ3) is 33.2. The molecule has 0 aromatic heterocycles. The van der Waals surface area contributed by atoms with Gasteiger partial charge in [-0.15, -0.1) is 0 Å². The monoisotopic (exact) mass is 1300 g/mol. The lowest BCUT2D eigenvalue weighted by atomic mass is 9.66. The predicted octanol–water partition coefficient (Wildman–Crippen LogP) is 22.2. The lowest BCUT2D eigenvalue weighted by molar-refractivity contribution is 0.103. The highest BCUT2D eigenvalue weighted by Crippen LogP contribution is 2.45. The molecule has 0 radical (unpaired) electrons. The molecule has 8 saturated heterocycles. The van der Waals surface area contributed by atoms with E-state index in [-0.39, 0.29) is 0 Å². The van der Waals surface area contributed by atoms with Crippen molar-refractivity contribution < 1.29 is 9.47 Å². The molecular formula is C84H174N6O2. The summed E-state index contributed by atoms with van der Waals surface area (Å²) in [4.78, 5) is 0. The van der Waals surface area contributed by atoms with E-state index in [2.05, 4.69) is 31.9 Å². The number of rotatable bonds is 0. The van der Waals surface area contributed by atoms with Gasteiger partial charge in [-0.3, -0.25) is 0 Å². The summed E-state index contributed by atoms with van der Waals surface area (Å²) < 4.78 is 10.8. The second-order valence-electron chi connectivity index (χ2n) is 28.3. The second kappa shape index (κ2) is 60.6. The normalized spacial score (nSPS) is 36.3. The van der Waals surface area contributed by atoms with Crippen LogP contribution in [0.15, 0.2) is 0 Å². The molecule has 92 heavy (non-hydrogen) atoms. The number of nitrogens with one attached hydrogen (secondary N) is 6. The Morgan fingerprint density at radius 2 is 0.543 bits per heavy atom. The van der Waals surface area contributed by atoms with Crippen LogP contribution in [0.25, 0.3) is 0 Å². The average Bonchev–Trinajstić information content (AvgIpc) is 2.61. The van der Waals surface area contributed by atoms with Gasteiger partial charge in [-0.1, -0.05) is 208 Å². The van der Waals surface area contributed by atoms with Crippen LogP contribution in [0.3, 0.4) is 0 Å². The van der Waals surface area contributed by atoms with Crippen LogP contribution in [0.2, 0.25) is 0 Å². The van der Waals surface area contributed by atoms with Crippen molar-refractivity contribution >= 4 is 0 Å². The highest BCUT2D eigenvalue weighted by molar-refractivity contribution is 4.93. The Labute approximate surface area is 580 Å². The smallest absolute Gasteiger partial charge is 0.0604 e. The molecule has 0 bridgehead atoms. The van der Waals surface area contributed by atoms with Crippen LogP contribution in [-0.2, 0) is 9.47 Å². The topological polar surface area (TPSA) is 90.6 Å². The fourth-order valence-corrected chi connectivity index (χ4v) is 18.6. The van der Waals surface area contributed by atoms with E-state index in [1.54, 1.807) is 25.7 Å². The van der Waals surface area contributed by atoms with Crippen LogP contribution in [0, 0.1) is 76.9 Å². The molecule has 0 aromatic rings. The van der Waals surface area contributed by atoms with Gasteiger partial charge >= 0.3 is 0 Å². The van der Waals surface area contributed by atoms with Crippen molar-refractivity contribution in [3.05, 3.63) is 0 Å². The number of piperidine rings is 3. The van der Waals surface area contributed by atoms with Crippen molar-refractivity contribution in [3.8, 4) is 0 Å². The molecular weight excluding hydrogens is 1120 g/mol. The summed E-state index contributed by atoms with van der Waals surface area (Å²) in [5.74, 6) is 13.8. The highest BCUT2D eigenvalue weighted by Gasteiger charge is 2.37. The number of hydrogen-bond donors (Lipinski definition) is 6. The van der Waals surface area contributed by atoms with Crippen molar-refractivity contribution in [1.82, 2.24) is 31.9 Å². The van der Waals surface area contributed by atoms with Crippen molar-refractivity contribution in [2.45, 2.75) is 392 Å². The predicted molar refractivity (Wildman–Crippen MR) is 412 cm³/mol. The zero-order valence-corrected chi connectivity index (χ0v) is 66.1. The zero-order chi connectivity index (χ0) is 68.0. The molecule has 0 aromatic carbocycles. The first kappa shape index (κ1) is 89.7. The summed E-state index contributed by atoms with van der Waals surface area (Å²) in [5.41, 5.74) is 0. The van der Waals surface area contributed by atoms with Crippen LogP contribution >= 0.6 is 0 Å². The molecule has 8 heterocycles. The zero-order valence-electron chi connectivity index (χ0n) is 66.1. The van der Waals surface area contributed by atoms with Gasteiger partial charge in [0.05, 0.1) is 6.10 Å². The lowest BCUT2D eigenvalue weighted by Crippen LogP contribution is -2.54. The Balaban J connectivity index is 0.000000502. The lowest BCUT2D eigenvalue weighted by Gasteiger charge is -2.41. The molecule has 10 saturated carbocycles. The van der Waals surface area contributed by atoms with Crippen molar-refractivity contribution in [3.63, 3.8) is 0 Å². The summed E-state index contributed by atoms with van der Waals surface area (Å²) in [6.45, 7) is 49.5. The molecule has 18 fully saturated rings. The minimum Gasteiger partial charge on any atom is -0.381 e. The van der Waals surface area contributed by atoms with Gasteiger partial charge in [0.2, 0.25) is 0 Å². The minimum absolute atomic E-state index is 0.676. The fourth-order valence-electron chi connectivity index (χ4n) is 18.6. The van der Waals surface area contributed by atoms with E-state index in [0.717, 1.165) is 109 Å². The molecule has 8 heteroatoms. The van der Waals surface area contributed by atoms with E-state index in [4.69, 9.17) is 9.47 Å². The third-order valence-electron chi connectivity index (χ3n) is 23.9. The van der Waals surface area contributed by atoms with Crippen LogP contribution in [0.4, 0.5) is 0 Å². The maximum Gasteiger partial charge on any atom is 0.0604 e. The SMILES string of the molecule is C1CC2CCNC2C1.C1CC2CCNCC2C1.C1CC2CCOC2C1.C1CC2CNCC2C1.C1CC2COCC2C1.C1CCC2CCC2C1.C1CCC2NCC2C1.C1CNC2CCC2C1.C1CNC2CCCC2C1.CC.CC.CC.CC.CC.CC.CC.CC.CC. The van der Waals surface area contributed by atoms with Crippen molar-refractivity contribution in [2.24, 2.45) is 76.9 Å². The van der Waals surface area contributed by atoms with Crippen molar-refractivity contribution in [1.29, 1.82) is 0 Å². The largest absolute Gasteiger partial charge is 0.381 e. The summed E-state index contributed by atoms with van der Waals surface area (Å²) in [6.07, 6.45) is 55.3. The van der Waals surface area contributed by atoms with E-state index in [1.807, 2.05) is 125 Å². The molecule has 552 valence electrons. The fraction of sp³-hybridized carbons (Fsp3) is 1.00. The first-order valence-corrected chi connectivity index (χ1v) is 43.2. The Hall–Kier alpha value is -0.320. The summed E-state index contributed by atoms with van der Waals surface area (Å²) in [7, 11) is 0. The van der Waals surface area contributed by atoms with Crippen LogP contribution in [0.5, 0.6) is 0 Å². The maximum absolute atomic E-state index is 5.48. The van der Waals surface area contributed by atoms with E-state index >= 15 is 0 Å². The summed E-state index contributed by atoms with van der Waals surface area (Å²) in [6, 6.07) is 3.71. The minimum atomic E-state index is 0.676. The number of hydrogen-bond acceptors (Lipinski definition) is 8. The highest BCUT2D eigenvalue weighted by atomic mass is 16.5. The van der Waals surface area contributed by atoms with E-state index in [9.17, 15) is 0 Å². The Kier molecular flexibility index (Phi) is 59.1. The molecule has 18 aliphatic rings. The standard InChI is InChI=1S/2C8H15N.C8H14.4C7H13N.2C7H12O.9C2H6/c1-3-7-4-2-6-9-8(7)5-1;1-2-7-4-5-9-6-8(7)3-1;1-2-4-8-6-5-7(8)3-1;1-2-6-3-4-7(6)8-5-1;1-2-6-4-8-5-7(6)3-1;1-2-6-4-5-8-7(6)3-1;1-2-4-7-6(3-1)5-8-7;1-2-6-4-8-5-7(6)3-1;1-2-6-4-5-8-7(6)3-1;9*1-2/h2*7-9H,1-6H2;7-8H,1-6H2;4*6-8H,1-5H2;2*6-7H,1-5H2;9*1-2H3. The first-order chi connectivity index (χ1) is 45.7. The first-order valence-electron chi connectivity index (χ1n) is 43.2. The molecule has 0 amide bonds. The molecule has 0 spiro atoms. The van der Waals surface area contributed by atoms with Gasteiger partial charge in [0.15, 0.2) is 0 Å². The van der Waals surface area contributed by atoms with Gasteiger partial charge in [0.25, 0.3) is 0 Å². The van der Waals surface area contributed by atoms with Crippen LogP contribution < -0.4 is 31.9 Å². The molecule has 8 aliphatic heterocycles. The molecule has 8 nitrogen and oxygen atoms in total. The van der Waals surface area contributed by atoms with Gasteiger partial charge in [-0.25, -0.2) is 0 Å². The van der Waals surface area contributed by atoms with Crippen LogP contribution in [-0.4, -0.2) is 102 Å². The second-order valence-corrected chi connectivity index (χ2v) is 28.3. The summed E-state index contributed by atoms with van der Waals surface area (Å²) >= 11 is 0. The quantitative estimate of drug-likeness (QED) is 0.143.